The molecule has 10 heteroatoms. The zero-order valence-electron chi connectivity index (χ0n) is 21.0. The van der Waals surface area contributed by atoms with E-state index in [0.29, 0.717) is 57.3 Å². The van der Waals surface area contributed by atoms with Crippen molar-refractivity contribution < 1.29 is 27.3 Å². The third-order valence-corrected chi connectivity index (χ3v) is 8.44. The fraction of sp³-hybridized carbons (Fsp3) is 0.286. The molecule has 1 aromatic heterocycles. The van der Waals surface area contributed by atoms with Crippen LogP contribution in [0.1, 0.15) is 45.8 Å². The first-order valence-electron chi connectivity index (χ1n) is 12.2. The van der Waals surface area contributed by atoms with Crippen molar-refractivity contribution in [3.63, 3.8) is 0 Å². The number of aromatic nitrogens is 2. The molecule has 0 aliphatic carbocycles. The molecule has 3 heterocycles. The molecule has 3 aromatic carbocycles. The van der Waals surface area contributed by atoms with Gasteiger partial charge in [0.15, 0.2) is 0 Å². The number of halogens is 3. The van der Waals surface area contributed by atoms with Crippen molar-refractivity contribution in [3.8, 4) is 16.9 Å². The molecular weight excluding hydrogens is 514 g/mol. The van der Waals surface area contributed by atoms with E-state index in [0.717, 1.165) is 0 Å². The van der Waals surface area contributed by atoms with Gasteiger partial charge in [0.05, 0.1) is 30.3 Å². The average Bonchev–Trinajstić information content (AvgIpc) is 3.35. The van der Waals surface area contributed by atoms with Crippen LogP contribution in [-0.2, 0) is 10.7 Å². The Kier molecular flexibility index (Phi) is 5.69. The highest BCUT2D eigenvalue weighted by Gasteiger charge is 2.45. The number of hydrogen-bond acceptors (Lipinski definition) is 4. The molecule has 6 rings (SSSR count). The van der Waals surface area contributed by atoms with Crippen LogP contribution in [0, 0.1) is 5.82 Å². The summed E-state index contributed by atoms with van der Waals surface area (Å²) in [5, 5.41) is 0. The van der Waals surface area contributed by atoms with Gasteiger partial charge in [0.2, 0.25) is 0 Å². The highest BCUT2D eigenvalue weighted by molar-refractivity contribution is 7.61. The van der Waals surface area contributed by atoms with E-state index in [1.807, 2.05) is 10.6 Å². The van der Waals surface area contributed by atoms with E-state index in [9.17, 15) is 18.1 Å². The van der Waals surface area contributed by atoms with Crippen LogP contribution >= 0.6 is 7.14 Å². The Morgan fingerprint density at radius 2 is 1.87 bits per heavy atom. The van der Waals surface area contributed by atoms with Gasteiger partial charge in [-0.25, -0.2) is 9.37 Å². The Labute approximate surface area is 217 Å². The predicted octanol–water partition coefficient (Wildman–Crippen LogP) is 6.69. The van der Waals surface area contributed by atoms with Crippen LogP contribution in [0.25, 0.3) is 22.2 Å². The first kappa shape index (κ1) is 24.7. The molecule has 1 amide bonds. The van der Waals surface area contributed by atoms with Crippen molar-refractivity contribution in [2.24, 2.45) is 0 Å². The largest absolute Gasteiger partial charge is 0.434 e. The van der Waals surface area contributed by atoms with E-state index in [1.165, 1.54) is 18.2 Å². The van der Waals surface area contributed by atoms with E-state index in [2.05, 4.69) is 0 Å². The fourth-order valence-electron chi connectivity index (χ4n) is 5.78. The van der Waals surface area contributed by atoms with E-state index in [1.54, 1.807) is 55.6 Å². The van der Waals surface area contributed by atoms with Gasteiger partial charge in [-0.1, -0.05) is 24.3 Å². The van der Waals surface area contributed by atoms with Gasteiger partial charge in [0.1, 0.15) is 17.4 Å². The van der Waals surface area contributed by atoms with Crippen molar-refractivity contribution in [2.75, 3.05) is 20.4 Å². The molecule has 0 saturated heterocycles. The van der Waals surface area contributed by atoms with Crippen LogP contribution in [0.2, 0.25) is 0 Å². The van der Waals surface area contributed by atoms with Crippen molar-refractivity contribution in [1.82, 2.24) is 14.5 Å². The first-order chi connectivity index (χ1) is 18.0. The Bertz CT molecular complexity index is 1660. The van der Waals surface area contributed by atoms with Crippen molar-refractivity contribution in [2.45, 2.75) is 31.3 Å². The molecule has 2 aliphatic heterocycles. The molecule has 0 fully saturated rings. The van der Waals surface area contributed by atoms with Crippen molar-refractivity contribution >= 4 is 24.1 Å². The van der Waals surface area contributed by atoms with Gasteiger partial charge in [0, 0.05) is 36.3 Å². The molecule has 196 valence electrons. The van der Waals surface area contributed by atoms with Gasteiger partial charge in [-0.3, -0.25) is 4.79 Å². The summed E-state index contributed by atoms with van der Waals surface area (Å²) in [4.78, 5) is 19.7. The number of ether oxygens (including phenoxy) is 1. The lowest BCUT2D eigenvalue weighted by Crippen LogP contribution is -2.30. The maximum absolute atomic E-state index is 15.2. The number of amides is 1. The minimum atomic E-state index is -3.04. The molecule has 0 radical (unpaired) electrons. The quantitative estimate of drug-likeness (QED) is 0.265. The van der Waals surface area contributed by atoms with Crippen molar-refractivity contribution in [1.29, 1.82) is 0 Å². The number of carbonyl (C=O) groups is 1. The van der Waals surface area contributed by atoms with Crippen LogP contribution in [0.15, 0.2) is 54.6 Å². The molecule has 38 heavy (non-hydrogen) atoms. The maximum atomic E-state index is 15.2. The number of rotatable bonds is 5. The Morgan fingerprint density at radius 3 is 2.58 bits per heavy atom. The Morgan fingerprint density at radius 1 is 1.08 bits per heavy atom. The number of fused-ring (bicyclic) bond motifs is 9. The highest BCUT2D eigenvalue weighted by Crippen LogP contribution is 2.50. The lowest BCUT2D eigenvalue weighted by atomic mass is 9.97. The minimum Gasteiger partial charge on any atom is -0.434 e. The lowest BCUT2D eigenvalue weighted by Gasteiger charge is -2.24. The molecule has 4 aromatic rings. The minimum absolute atomic E-state index is 0.0403. The van der Waals surface area contributed by atoms with Gasteiger partial charge in [-0.2, -0.15) is 8.78 Å². The molecule has 2 bridgehead atoms. The summed E-state index contributed by atoms with van der Waals surface area (Å²) >= 11 is 0. The summed E-state index contributed by atoms with van der Waals surface area (Å²) in [5.74, 6) is -0.0955. The fourth-order valence-corrected chi connectivity index (χ4v) is 6.85. The summed E-state index contributed by atoms with van der Waals surface area (Å²) in [6.45, 7) is 0.305. The zero-order chi connectivity index (χ0) is 26.9. The molecular formula is C28H25F3N3O3P. The summed E-state index contributed by atoms with van der Waals surface area (Å²) in [6, 6.07) is 14.1. The normalized spacial score (nSPS) is 18.6. The number of alkyl halides is 2. The van der Waals surface area contributed by atoms with E-state index < -0.39 is 25.6 Å². The smallest absolute Gasteiger partial charge is 0.387 e. The number of hydrogen-bond donors (Lipinski definition) is 0. The van der Waals surface area contributed by atoms with Gasteiger partial charge in [0.25, 0.3) is 5.91 Å². The van der Waals surface area contributed by atoms with Gasteiger partial charge in [-0.15, -0.1) is 0 Å². The van der Waals surface area contributed by atoms with Gasteiger partial charge >= 0.3 is 6.61 Å². The number of imidazole rings is 1. The first-order valence-corrected chi connectivity index (χ1v) is 15.0. The van der Waals surface area contributed by atoms with E-state index in [-0.39, 0.29) is 17.7 Å². The van der Waals surface area contributed by atoms with Crippen LogP contribution in [0.4, 0.5) is 13.2 Å². The zero-order valence-corrected chi connectivity index (χ0v) is 21.9. The Balaban J connectivity index is 1.51. The molecule has 0 N–H and O–H groups in total. The third-order valence-electron chi connectivity index (χ3n) is 7.31. The van der Waals surface area contributed by atoms with Gasteiger partial charge < -0.3 is 18.8 Å². The molecule has 0 unspecified atom stereocenters. The molecule has 0 spiro atoms. The second-order valence-electron chi connectivity index (χ2n) is 10.4. The summed E-state index contributed by atoms with van der Waals surface area (Å²) < 4.78 is 60.8. The molecule has 2 aliphatic rings. The van der Waals surface area contributed by atoms with Crippen molar-refractivity contribution in [3.05, 3.63) is 82.9 Å². The molecule has 6 nitrogen and oxygen atoms in total. The number of nitrogens with zero attached hydrogens (tertiary/aromatic N) is 3. The number of benzene rings is 3. The summed E-state index contributed by atoms with van der Waals surface area (Å²) in [7, 11) is -0.672. The van der Waals surface area contributed by atoms with Crippen LogP contribution in [0.5, 0.6) is 5.75 Å². The average molecular weight is 539 g/mol. The maximum Gasteiger partial charge on any atom is 0.387 e. The van der Waals surface area contributed by atoms with Crippen LogP contribution < -0.4 is 4.74 Å². The standard InChI is InChI=1S/C28H25F3N3O3P/c1-33-23-13-22(25-18(27(33)35)5-4-6-24(25)37-28(30)31)34-21-12-16(8-10-20(21)32-26(23)34)17-9-7-15(11-19(17)29)14-38(2,3)36/h4-12,22-23,28H,13-14H2,1-3H3/t22-,23-/m1/s1. The third kappa shape index (κ3) is 4.00. The highest BCUT2D eigenvalue weighted by atomic mass is 31.2. The SMILES string of the molecule is CN1C(=O)c2cccc(OC(F)F)c2[C@H]2C[C@@H]1c1nc3ccc(-c4ccc(CP(C)(C)=O)cc4F)cc3n12. The molecule has 0 saturated carbocycles. The molecule has 2 atom stereocenters. The van der Waals surface area contributed by atoms with E-state index >= 15 is 4.39 Å². The Hall–Kier alpha value is -3.58. The summed E-state index contributed by atoms with van der Waals surface area (Å²) in [5.41, 5.74) is 3.77. The van der Waals surface area contributed by atoms with Crippen LogP contribution in [0.3, 0.4) is 0 Å². The second-order valence-corrected chi connectivity index (χ2v) is 13.8. The monoisotopic (exact) mass is 539 g/mol. The topological polar surface area (TPSA) is 64.4 Å². The predicted molar refractivity (Wildman–Crippen MR) is 139 cm³/mol. The van der Waals surface area contributed by atoms with Crippen LogP contribution in [-0.4, -0.2) is 47.3 Å². The van der Waals surface area contributed by atoms with E-state index in [4.69, 9.17) is 9.72 Å². The lowest BCUT2D eigenvalue weighted by molar-refractivity contribution is -0.0507. The summed E-state index contributed by atoms with van der Waals surface area (Å²) in [6.07, 6.45) is 0.773. The number of carbonyl (C=O) groups excluding carboxylic acids is 1. The second kappa shape index (κ2) is 8.73. The van der Waals surface area contributed by atoms with Gasteiger partial charge in [-0.05, 0) is 54.8 Å².